The summed E-state index contributed by atoms with van der Waals surface area (Å²) >= 11 is 0. The summed E-state index contributed by atoms with van der Waals surface area (Å²) in [6.45, 7) is 1.87. The zero-order valence-electron chi connectivity index (χ0n) is 13.5. The first-order valence-electron chi connectivity index (χ1n) is 7.85. The molecule has 0 fully saturated rings. The van der Waals surface area contributed by atoms with E-state index in [1.165, 1.54) is 18.2 Å². The van der Waals surface area contributed by atoms with Gasteiger partial charge in [-0.1, -0.05) is 19.1 Å². The van der Waals surface area contributed by atoms with Crippen LogP contribution in [-0.2, 0) is 11.3 Å². The molecule has 0 radical (unpaired) electrons. The van der Waals surface area contributed by atoms with Crippen LogP contribution in [0.15, 0.2) is 41.2 Å². The highest BCUT2D eigenvalue weighted by atomic mass is 19.1. The molecule has 25 heavy (non-hydrogen) atoms. The van der Waals surface area contributed by atoms with Crippen molar-refractivity contribution in [3.63, 3.8) is 0 Å². The summed E-state index contributed by atoms with van der Waals surface area (Å²) in [5, 5.41) is 2.72. The molecule has 1 heterocycles. The van der Waals surface area contributed by atoms with E-state index in [-0.39, 0.29) is 30.1 Å². The molecule has 1 amide bonds. The quantitative estimate of drug-likeness (QED) is 0.665. The molecule has 0 aliphatic carbocycles. The van der Waals surface area contributed by atoms with Gasteiger partial charge in [0.15, 0.2) is 0 Å². The number of halogens is 2. The Balaban J connectivity index is 1.62. The third-order valence-corrected chi connectivity index (χ3v) is 4.05. The zero-order valence-corrected chi connectivity index (χ0v) is 13.5. The fourth-order valence-corrected chi connectivity index (χ4v) is 2.82. The van der Waals surface area contributed by atoms with E-state index in [4.69, 9.17) is 0 Å². The molecule has 0 aliphatic heterocycles. The lowest BCUT2D eigenvalue weighted by atomic mass is 9.96. The van der Waals surface area contributed by atoms with Gasteiger partial charge in [-0.3, -0.25) is 4.79 Å². The topological polar surface area (TPSA) is 77.8 Å². The highest BCUT2D eigenvalue weighted by molar-refractivity contribution is 5.78. The van der Waals surface area contributed by atoms with E-state index in [2.05, 4.69) is 15.3 Å². The van der Waals surface area contributed by atoms with E-state index >= 15 is 0 Å². The lowest BCUT2D eigenvalue weighted by Crippen LogP contribution is -2.24. The van der Waals surface area contributed by atoms with E-state index in [0.29, 0.717) is 11.0 Å². The Hall–Kier alpha value is -2.96. The number of rotatable bonds is 5. The van der Waals surface area contributed by atoms with Crippen LogP contribution in [0, 0.1) is 11.6 Å². The maximum atomic E-state index is 13.7. The van der Waals surface area contributed by atoms with Gasteiger partial charge in [0.1, 0.15) is 11.6 Å². The minimum absolute atomic E-state index is 0.0267. The molecule has 2 aromatic carbocycles. The van der Waals surface area contributed by atoms with Crippen LogP contribution in [0.4, 0.5) is 8.78 Å². The number of H-pyrrole nitrogens is 2. The van der Waals surface area contributed by atoms with Crippen LogP contribution in [0.2, 0.25) is 0 Å². The van der Waals surface area contributed by atoms with Crippen molar-refractivity contribution in [2.45, 2.75) is 25.8 Å². The maximum absolute atomic E-state index is 13.7. The fraction of sp³-hybridized carbons (Fsp3) is 0.222. The standard InChI is InChI=1S/C18H17F2N3O2/c1-10(17-12(19)3-2-4-13(17)20)7-16(24)21-9-11-5-6-14-15(8-11)23-18(25)22-14/h2-6,8,10H,7,9H2,1H3,(H,21,24)(H2,22,23,25)/t10-/m0/s1. The van der Waals surface area contributed by atoms with Gasteiger partial charge in [-0.05, 0) is 35.7 Å². The van der Waals surface area contributed by atoms with E-state index in [9.17, 15) is 18.4 Å². The molecule has 3 aromatic rings. The van der Waals surface area contributed by atoms with Crippen molar-refractivity contribution in [3.8, 4) is 0 Å². The second kappa shape index (κ2) is 6.88. The van der Waals surface area contributed by atoms with Crippen molar-refractivity contribution in [2.24, 2.45) is 0 Å². The van der Waals surface area contributed by atoms with Crippen LogP contribution in [0.3, 0.4) is 0 Å². The van der Waals surface area contributed by atoms with Crippen molar-refractivity contribution < 1.29 is 13.6 Å². The normalized spacial score (nSPS) is 12.3. The van der Waals surface area contributed by atoms with Crippen molar-refractivity contribution in [2.75, 3.05) is 0 Å². The van der Waals surface area contributed by atoms with Crippen molar-refractivity contribution >= 4 is 16.9 Å². The third kappa shape index (κ3) is 3.76. The van der Waals surface area contributed by atoms with Gasteiger partial charge in [0.2, 0.25) is 5.91 Å². The van der Waals surface area contributed by atoms with Crippen molar-refractivity contribution in [3.05, 3.63) is 69.6 Å². The van der Waals surface area contributed by atoms with E-state index in [0.717, 1.165) is 5.56 Å². The number of benzene rings is 2. The van der Waals surface area contributed by atoms with Crippen molar-refractivity contribution in [1.29, 1.82) is 0 Å². The average Bonchev–Trinajstić information content (AvgIpc) is 2.92. The summed E-state index contributed by atoms with van der Waals surface area (Å²) in [4.78, 5) is 28.6. The number of carbonyl (C=O) groups excluding carboxylic acids is 1. The predicted octanol–water partition coefficient (Wildman–Crippen LogP) is 2.94. The number of hydrogen-bond acceptors (Lipinski definition) is 2. The minimum atomic E-state index is -0.651. The molecular weight excluding hydrogens is 328 g/mol. The average molecular weight is 345 g/mol. The first kappa shape index (κ1) is 16.9. The SMILES string of the molecule is C[C@@H](CC(=O)NCc1ccc2[nH]c(=O)[nH]c2c1)c1c(F)cccc1F. The van der Waals surface area contributed by atoms with Crippen LogP contribution in [-0.4, -0.2) is 15.9 Å². The fourth-order valence-electron chi connectivity index (χ4n) is 2.82. The van der Waals surface area contributed by atoms with Crippen LogP contribution >= 0.6 is 0 Å². The molecule has 5 nitrogen and oxygen atoms in total. The Labute approximate surface area is 142 Å². The van der Waals surface area contributed by atoms with E-state index in [1.54, 1.807) is 25.1 Å². The number of nitrogens with one attached hydrogen (secondary N) is 3. The van der Waals surface area contributed by atoms with Crippen LogP contribution < -0.4 is 11.0 Å². The van der Waals surface area contributed by atoms with Gasteiger partial charge in [0, 0.05) is 18.5 Å². The van der Waals surface area contributed by atoms with E-state index < -0.39 is 17.6 Å². The molecule has 130 valence electrons. The highest BCUT2D eigenvalue weighted by Crippen LogP contribution is 2.25. The van der Waals surface area contributed by atoms with Gasteiger partial charge in [-0.2, -0.15) is 0 Å². The Kier molecular flexibility index (Phi) is 4.65. The number of aromatic nitrogens is 2. The van der Waals surface area contributed by atoms with Gasteiger partial charge in [0.05, 0.1) is 11.0 Å². The Morgan fingerprint density at radius 1 is 1.12 bits per heavy atom. The number of imidazole rings is 1. The second-order valence-corrected chi connectivity index (χ2v) is 5.98. The van der Waals surface area contributed by atoms with Crippen molar-refractivity contribution in [1.82, 2.24) is 15.3 Å². The van der Waals surface area contributed by atoms with Gasteiger partial charge >= 0.3 is 5.69 Å². The summed E-state index contributed by atoms with van der Waals surface area (Å²) in [5.74, 6) is -2.19. The smallest absolute Gasteiger partial charge is 0.323 e. The second-order valence-electron chi connectivity index (χ2n) is 5.98. The molecule has 1 atom stereocenters. The maximum Gasteiger partial charge on any atom is 0.323 e. The molecule has 0 aliphatic rings. The number of amides is 1. The Morgan fingerprint density at radius 3 is 2.52 bits per heavy atom. The lowest BCUT2D eigenvalue weighted by molar-refractivity contribution is -0.121. The van der Waals surface area contributed by atoms with Gasteiger partial charge in [-0.15, -0.1) is 0 Å². The largest absolute Gasteiger partial charge is 0.352 e. The molecule has 1 aromatic heterocycles. The number of hydrogen-bond donors (Lipinski definition) is 3. The Bertz CT molecular complexity index is 958. The first-order valence-corrected chi connectivity index (χ1v) is 7.85. The number of fused-ring (bicyclic) bond motifs is 1. The van der Waals surface area contributed by atoms with Gasteiger partial charge < -0.3 is 15.3 Å². The summed E-state index contributed by atoms with van der Waals surface area (Å²) in [5.41, 5.74) is 1.77. The number of carbonyl (C=O) groups is 1. The molecule has 0 unspecified atom stereocenters. The van der Waals surface area contributed by atoms with E-state index in [1.807, 2.05) is 0 Å². The molecule has 3 N–H and O–H groups in total. The molecule has 0 spiro atoms. The first-order chi connectivity index (χ1) is 11.9. The lowest BCUT2D eigenvalue weighted by Gasteiger charge is -2.14. The summed E-state index contributed by atoms with van der Waals surface area (Å²) in [6, 6.07) is 8.94. The van der Waals surface area contributed by atoms with Gasteiger partial charge in [0.25, 0.3) is 0 Å². The zero-order chi connectivity index (χ0) is 18.0. The molecular formula is C18H17F2N3O2. The number of aromatic amines is 2. The molecule has 3 rings (SSSR count). The summed E-state index contributed by atoms with van der Waals surface area (Å²) < 4.78 is 27.5. The highest BCUT2D eigenvalue weighted by Gasteiger charge is 2.18. The molecule has 0 bridgehead atoms. The molecule has 0 saturated heterocycles. The summed E-state index contributed by atoms with van der Waals surface area (Å²) in [7, 11) is 0. The molecule has 0 saturated carbocycles. The van der Waals surface area contributed by atoms with Crippen LogP contribution in [0.1, 0.15) is 30.4 Å². The predicted molar refractivity (Wildman–Crippen MR) is 90.2 cm³/mol. The third-order valence-electron chi connectivity index (χ3n) is 4.05. The summed E-state index contributed by atoms with van der Waals surface area (Å²) in [6.07, 6.45) is -0.0267. The molecule has 7 heteroatoms. The Morgan fingerprint density at radius 2 is 1.80 bits per heavy atom. The monoisotopic (exact) mass is 345 g/mol. The van der Waals surface area contributed by atoms with Crippen LogP contribution in [0.5, 0.6) is 0 Å². The van der Waals surface area contributed by atoms with Crippen LogP contribution in [0.25, 0.3) is 11.0 Å². The minimum Gasteiger partial charge on any atom is -0.352 e. The van der Waals surface area contributed by atoms with Gasteiger partial charge in [-0.25, -0.2) is 13.6 Å².